The van der Waals surface area contributed by atoms with E-state index in [0.29, 0.717) is 30.2 Å². The van der Waals surface area contributed by atoms with Gasteiger partial charge in [-0.15, -0.1) is 0 Å². The van der Waals surface area contributed by atoms with Gasteiger partial charge in [0.2, 0.25) is 5.76 Å². The van der Waals surface area contributed by atoms with Crippen LogP contribution < -0.4 is 15.8 Å². The van der Waals surface area contributed by atoms with Crippen LogP contribution in [0.5, 0.6) is 5.75 Å². The average molecular weight is 338 g/mol. The number of furan rings is 1. The number of fused-ring (bicyclic) bond motifs is 1. The molecule has 0 aliphatic heterocycles. The first kappa shape index (κ1) is 17.0. The van der Waals surface area contributed by atoms with E-state index in [1.807, 2.05) is 42.5 Å². The maximum absolute atomic E-state index is 12.7. The summed E-state index contributed by atoms with van der Waals surface area (Å²) >= 11 is 0. The van der Waals surface area contributed by atoms with Crippen molar-refractivity contribution in [2.75, 3.05) is 20.2 Å². The Morgan fingerprint density at radius 3 is 2.68 bits per heavy atom. The number of ether oxygens (including phenoxy) is 1. The number of rotatable bonds is 7. The lowest BCUT2D eigenvalue weighted by Gasteiger charge is -2.05. The van der Waals surface area contributed by atoms with E-state index in [1.165, 1.54) is 0 Å². The Hall–Kier alpha value is -2.79. The van der Waals surface area contributed by atoms with Crippen molar-refractivity contribution in [3.05, 3.63) is 54.3 Å². The maximum Gasteiger partial charge on any atom is 0.287 e. The molecule has 0 aliphatic rings. The van der Waals surface area contributed by atoms with Crippen molar-refractivity contribution in [1.82, 2.24) is 5.32 Å². The van der Waals surface area contributed by atoms with Crippen LogP contribution in [0.3, 0.4) is 0 Å². The summed E-state index contributed by atoms with van der Waals surface area (Å²) in [5, 5.41) is 3.80. The summed E-state index contributed by atoms with van der Waals surface area (Å²) in [6.45, 7) is 1.19. The van der Waals surface area contributed by atoms with Crippen LogP contribution in [-0.2, 0) is 0 Å². The molecule has 1 aromatic heterocycles. The molecule has 0 spiro atoms. The van der Waals surface area contributed by atoms with E-state index < -0.39 is 0 Å². The molecule has 0 radical (unpaired) electrons. The summed E-state index contributed by atoms with van der Waals surface area (Å²) in [4.78, 5) is 12.7. The van der Waals surface area contributed by atoms with Gasteiger partial charge in [-0.05, 0) is 37.1 Å². The van der Waals surface area contributed by atoms with E-state index >= 15 is 0 Å². The van der Waals surface area contributed by atoms with Crippen LogP contribution in [0.4, 0.5) is 0 Å². The summed E-state index contributed by atoms with van der Waals surface area (Å²) in [6, 6.07) is 15.4. The van der Waals surface area contributed by atoms with Gasteiger partial charge in [-0.1, -0.05) is 30.3 Å². The predicted molar refractivity (Wildman–Crippen MR) is 98.8 cm³/mol. The fourth-order valence-electron chi connectivity index (χ4n) is 2.81. The zero-order valence-electron chi connectivity index (χ0n) is 14.2. The summed E-state index contributed by atoms with van der Waals surface area (Å²) in [5.41, 5.74) is 7.87. The zero-order valence-corrected chi connectivity index (χ0v) is 14.2. The van der Waals surface area contributed by atoms with Crippen molar-refractivity contribution in [2.24, 2.45) is 5.73 Å². The normalized spacial score (nSPS) is 10.8. The van der Waals surface area contributed by atoms with E-state index in [9.17, 15) is 4.79 Å². The highest BCUT2D eigenvalue weighted by Gasteiger charge is 2.21. The molecule has 25 heavy (non-hydrogen) atoms. The molecular weight excluding hydrogens is 316 g/mol. The van der Waals surface area contributed by atoms with Crippen molar-refractivity contribution >= 4 is 16.9 Å². The predicted octanol–water partition coefficient (Wildman–Crippen LogP) is 3.58. The molecule has 2 aromatic carbocycles. The van der Waals surface area contributed by atoms with Gasteiger partial charge in [-0.3, -0.25) is 4.79 Å². The Bertz CT molecular complexity index is 856. The molecule has 3 rings (SSSR count). The van der Waals surface area contributed by atoms with Crippen LogP contribution in [0.25, 0.3) is 22.1 Å². The van der Waals surface area contributed by atoms with E-state index in [1.54, 1.807) is 13.2 Å². The molecule has 3 aromatic rings. The fourth-order valence-corrected chi connectivity index (χ4v) is 2.81. The Morgan fingerprint density at radius 1 is 1.16 bits per heavy atom. The number of carbonyl (C=O) groups is 1. The average Bonchev–Trinajstić information content (AvgIpc) is 3.04. The molecule has 0 fully saturated rings. The van der Waals surface area contributed by atoms with Crippen molar-refractivity contribution in [2.45, 2.75) is 12.8 Å². The monoisotopic (exact) mass is 338 g/mol. The van der Waals surface area contributed by atoms with Crippen molar-refractivity contribution < 1.29 is 13.9 Å². The second-order valence-electron chi connectivity index (χ2n) is 5.79. The molecule has 3 N–H and O–H groups in total. The van der Waals surface area contributed by atoms with Crippen LogP contribution >= 0.6 is 0 Å². The molecule has 0 bridgehead atoms. The van der Waals surface area contributed by atoms with E-state index in [-0.39, 0.29) is 5.91 Å². The van der Waals surface area contributed by atoms with Gasteiger partial charge in [0.1, 0.15) is 11.3 Å². The molecule has 0 unspecified atom stereocenters. The summed E-state index contributed by atoms with van der Waals surface area (Å²) in [7, 11) is 1.60. The quantitative estimate of drug-likeness (QED) is 0.646. The SMILES string of the molecule is COc1ccc2c(-c3ccccc3)c(C(=O)NCCCCN)oc2c1. The standard InChI is InChI=1S/C20H22N2O3/c1-24-15-9-10-16-17(13-15)25-19(20(23)22-12-6-5-11-21)18(16)14-7-3-2-4-8-14/h2-4,7-10,13H,5-6,11-12,21H2,1H3,(H,22,23). The Labute approximate surface area is 146 Å². The zero-order chi connectivity index (χ0) is 17.6. The highest BCUT2D eigenvalue weighted by molar-refractivity contribution is 6.08. The molecule has 0 saturated heterocycles. The number of hydrogen-bond donors (Lipinski definition) is 2. The molecule has 130 valence electrons. The number of amides is 1. The Kier molecular flexibility index (Phi) is 5.36. The van der Waals surface area contributed by atoms with Crippen molar-refractivity contribution in [1.29, 1.82) is 0 Å². The molecular formula is C20H22N2O3. The van der Waals surface area contributed by atoms with Gasteiger partial charge in [0.25, 0.3) is 5.91 Å². The van der Waals surface area contributed by atoms with Crippen molar-refractivity contribution in [3.8, 4) is 16.9 Å². The second kappa shape index (κ2) is 7.85. The third-order valence-electron chi connectivity index (χ3n) is 4.08. The minimum atomic E-state index is -0.217. The first-order valence-corrected chi connectivity index (χ1v) is 8.39. The van der Waals surface area contributed by atoms with Crippen molar-refractivity contribution in [3.63, 3.8) is 0 Å². The minimum Gasteiger partial charge on any atom is -0.497 e. The minimum absolute atomic E-state index is 0.217. The first-order chi connectivity index (χ1) is 12.2. The lowest BCUT2D eigenvalue weighted by Crippen LogP contribution is -2.24. The van der Waals surface area contributed by atoms with Crippen LogP contribution in [-0.4, -0.2) is 26.1 Å². The molecule has 0 aliphatic carbocycles. The number of benzene rings is 2. The molecule has 1 heterocycles. The summed E-state index contributed by atoms with van der Waals surface area (Å²) < 4.78 is 11.2. The number of hydrogen-bond acceptors (Lipinski definition) is 4. The second-order valence-corrected chi connectivity index (χ2v) is 5.79. The highest BCUT2D eigenvalue weighted by atomic mass is 16.5. The lowest BCUT2D eigenvalue weighted by molar-refractivity contribution is 0.0928. The Balaban J connectivity index is 2.02. The highest BCUT2D eigenvalue weighted by Crippen LogP contribution is 2.36. The van der Waals surface area contributed by atoms with Gasteiger partial charge in [0, 0.05) is 23.6 Å². The molecule has 5 heteroatoms. The number of carbonyl (C=O) groups excluding carboxylic acids is 1. The smallest absolute Gasteiger partial charge is 0.287 e. The van der Waals surface area contributed by atoms with Crippen LogP contribution in [0.15, 0.2) is 52.9 Å². The largest absolute Gasteiger partial charge is 0.497 e. The van der Waals surface area contributed by atoms with Crippen LogP contribution in [0.1, 0.15) is 23.4 Å². The fraction of sp³-hybridized carbons (Fsp3) is 0.250. The van der Waals surface area contributed by atoms with Gasteiger partial charge in [-0.25, -0.2) is 0 Å². The van der Waals surface area contributed by atoms with Gasteiger partial charge in [0.15, 0.2) is 0 Å². The first-order valence-electron chi connectivity index (χ1n) is 8.39. The number of nitrogens with two attached hydrogens (primary N) is 1. The molecule has 5 nitrogen and oxygen atoms in total. The molecule has 0 saturated carbocycles. The Morgan fingerprint density at radius 2 is 1.96 bits per heavy atom. The van der Waals surface area contributed by atoms with E-state index in [0.717, 1.165) is 29.4 Å². The number of nitrogens with one attached hydrogen (secondary N) is 1. The van der Waals surface area contributed by atoms with Crippen LogP contribution in [0, 0.1) is 0 Å². The molecule has 0 atom stereocenters. The summed E-state index contributed by atoms with van der Waals surface area (Å²) in [6.07, 6.45) is 1.72. The van der Waals surface area contributed by atoms with Gasteiger partial charge in [-0.2, -0.15) is 0 Å². The molecule has 1 amide bonds. The lowest BCUT2D eigenvalue weighted by atomic mass is 10.0. The number of methoxy groups -OCH3 is 1. The van der Waals surface area contributed by atoms with E-state index in [4.69, 9.17) is 14.9 Å². The summed E-state index contributed by atoms with van der Waals surface area (Å²) in [5.74, 6) is 0.795. The van der Waals surface area contributed by atoms with Gasteiger partial charge < -0.3 is 20.2 Å². The van der Waals surface area contributed by atoms with E-state index in [2.05, 4.69) is 5.32 Å². The maximum atomic E-state index is 12.7. The third kappa shape index (κ3) is 3.67. The number of unbranched alkanes of at least 4 members (excludes halogenated alkanes) is 1. The topological polar surface area (TPSA) is 77.5 Å². The van der Waals surface area contributed by atoms with Gasteiger partial charge >= 0.3 is 0 Å². The third-order valence-corrected chi connectivity index (χ3v) is 4.08. The van der Waals surface area contributed by atoms with Crippen LogP contribution in [0.2, 0.25) is 0 Å². The van der Waals surface area contributed by atoms with Gasteiger partial charge in [0.05, 0.1) is 7.11 Å².